The molecular formula is C33H38N2O4. The third-order valence-corrected chi connectivity index (χ3v) is 6.77. The summed E-state index contributed by atoms with van der Waals surface area (Å²) in [4.78, 5) is 16.4. The Morgan fingerprint density at radius 1 is 0.872 bits per heavy atom. The molecule has 204 valence electrons. The van der Waals surface area contributed by atoms with Gasteiger partial charge in [-0.15, -0.1) is 0 Å². The molecule has 0 amide bonds. The number of nitrogens with zero attached hydrogens (tertiary/aromatic N) is 2. The Kier molecular flexibility index (Phi) is 10.8. The Bertz CT molecular complexity index is 1180. The van der Waals surface area contributed by atoms with Crippen LogP contribution in [0.15, 0.2) is 97.1 Å². The van der Waals surface area contributed by atoms with Crippen LogP contribution in [0.1, 0.15) is 29.7 Å². The van der Waals surface area contributed by atoms with E-state index in [-0.39, 0.29) is 12.0 Å². The maximum absolute atomic E-state index is 11.4. The molecule has 0 saturated carbocycles. The van der Waals surface area contributed by atoms with Crippen LogP contribution in [-0.2, 0) is 9.53 Å². The van der Waals surface area contributed by atoms with Crippen molar-refractivity contribution in [1.82, 2.24) is 9.80 Å². The summed E-state index contributed by atoms with van der Waals surface area (Å²) in [6.07, 6.45) is 6.76. The molecule has 0 aliphatic carbocycles. The molecule has 0 N–H and O–H groups in total. The lowest BCUT2D eigenvalue weighted by Crippen LogP contribution is -2.48. The van der Waals surface area contributed by atoms with Gasteiger partial charge in [-0.25, -0.2) is 4.79 Å². The maximum Gasteiger partial charge on any atom is 0.330 e. The monoisotopic (exact) mass is 526 g/mol. The highest BCUT2D eigenvalue weighted by molar-refractivity contribution is 5.82. The number of rotatable bonds is 12. The van der Waals surface area contributed by atoms with Crippen molar-refractivity contribution in [2.24, 2.45) is 0 Å². The summed E-state index contributed by atoms with van der Waals surface area (Å²) in [6.45, 7) is 7.61. The standard InChI is InChI=1S/C33H38N2O4/c1-3-38-32(36)17-11-10-12-27-18-19-30(31(26-27)37-2)39-25-24-34-20-22-35(23-21-34)33(28-13-6-4-7-14-28)29-15-8-5-9-16-29/h4-19,26,33H,3,20-25H2,1-2H3. The normalized spacial score (nSPS) is 14.7. The molecule has 6 nitrogen and oxygen atoms in total. The van der Waals surface area contributed by atoms with Crippen molar-refractivity contribution in [2.75, 3.05) is 53.0 Å². The Hall–Kier alpha value is -3.87. The number of ether oxygens (including phenoxy) is 3. The topological polar surface area (TPSA) is 51.2 Å². The largest absolute Gasteiger partial charge is 0.493 e. The van der Waals surface area contributed by atoms with E-state index in [9.17, 15) is 4.79 Å². The number of benzene rings is 3. The number of hydrogen-bond acceptors (Lipinski definition) is 6. The van der Waals surface area contributed by atoms with E-state index in [1.165, 1.54) is 17.2 Å². The summed E-state index contributed by atoms with van der Waals surface area (Å²) in [7, 11) is 1.64. The SMILES string of the molecule is CCOC(=O)C=CC=Cc1ccc(OCCN2CCN(C(c3ccccc3)c3ccccc3)CC2)c(OC)c1. The second-order valence-corrected chi connectivity index (χ2v) is 9.33. The number of carbonyl (C=O) groups excluding carboxylic acids is 1. The van der Waals surface area contributed by atoms with Gasteiger partial charge in [-0.05, 0) is 35.7 Å². The van der Waals surface area contributed by atoms with Gasteiger partial charge in [0.1, 0.15) is 6.61 Å². The van der Waals surface area contributed by atoms with Gasteiger partial charge in [0.2, 0.25) is 0 Å². The quantitative estimate of drug-likeness (QED) is 0.174. The molecule has 0 unspecified atom stereocenters. The predicted molar refractivity (Wildman–Crippen MR) is 156 cm³/mol. The van der Waals surface area contributed by atoms with Crippen LogP contribution in [0, 0.1) is 0 Å². The van der Waals surface area contributed by atoms with Crippen LogP contribution >= 0.6 is 0 Å². The van der Waals surface area contributed by atoms with Gasteiger partial charge in [0.15, 0.2) is 11.5 Å². The molecule has 0 bridgehead atoms. The fourth-order valence-electron chi connectivity index (χ4n) is 4.81. The van der Waals surface area contributed by atoms with Gasteiger partial charge >= 0.3 is 5.97 Å². The lowest BCUT2D eigenvalue weighted by Gasteiger charge is -2.39. The molecular weight excluding hydrogens is 488 g/mol. The molecule has 1 aliphatic heterocycles. The van der Waals surface area contributed by atoms with Crippen molar-refractivity contribution in [3.63, 3.8) is 0 Å². The molecule has 1 heterocycles. The summed E-state index contributed by atoms with van der Waals surface area (Å²) in [6, 6.07) is 27.7. The first kappa shape index (κ1) is 28.1. The van der Waals surface area contributed by atoms with E-state index in [2.05, 4.69) is 70.5 Å². The van der Waals surface area contributed by atoms with Crippen LogP contribution in [0.3, 0.4) is 0 Å². The Labute approximate surface area is 232 Å². The summed E-state index contributed by atoms with van der Waals surface area (Å²) in [5, 5.41) is 0. The fourth-order valence-corrected chi connectivity index (χ4v) is 4.81. The summed E-state index contributed by atoms with van der Waals surface area (Å²) >= 11 is 0. The molecule has 0 radical (unpaired) electrons. The molecule has 39 heavy (non-hydrogen) atoms. The molecule has 6 heteroatoms. The fraction of sp³-hybridized carbons (Fsp3) is 0.303. The number of methoxy groups -OCH3 is 1. The van der Waals surface area contributed by atoms with Gasteiger partial charge in [-0.2, -0.15) is 0 Å². The Morgan fingerprint density at radius 3 is 2.15 bits per heavy atom. The maximum atomic E-state index is 11.4. The van der Waals surface area contributed by atoms with Gasteiger partial charge in [0.05, 0.1) is 19.8 Å². The van der Waals surface area contributed by atoms with Crippen LogP contribution in [0.5, 0.6) is 11.5 Å². The van der Waals surface area contributed by atoms with Crippen LogP contribution in [0.25, 0.3) is 6.08 Å². The van der Waals surface area contributed by atoms with Crippen LogP contribution < -0.4 is 9.47 Å². The minimum Gasteiger partial charge on any atom is -0.493 e. The zero-order valence-electron chi connectivity index (χ0n) is 22.9. The zero-order valence-corrected chi connectivity index (χ0v) is 22.9. The molecule has 0 atom stereocenters. The van der Waals surface area contributed by atoms with Crippen molar-refractivity contribution >= 4 is 12.0 Å². The highest BCUT2D eigenvalue weighted by Gasteiger charge is 2.26. The summed E-state index contributed by atoms with van der Waals surface area (Å²) in [5.74, 6) is 1.06. The van der Waals surface area contributed by atoms with Gasteiger partial charge in [0.25, 0.3) is 0 Å². The average molecular weight is 527 g/mol. The van der Waals surface area contributed by atoms with E-state index in [4.69, 9.17) is 14.2 Å². The third-order valence-electron chi connectivity index (χ3n) is 6.77. The minimum atomic E-state index is -0.350. The van der Waals surface area contributed by atoms with Gasteiger partial charge < -0.3 is 14.2 Å². The van der Waals surface area contributed by atoms with Crippen LogP contribution in [0.4, 0.5) is 0 Å². The second kappa shape index (κ2) is 14.9. The van der Waals surface area contributed by atoms with Crippen molar-refractivity contribution in [3.8, 4) is 11.5 Å². The predicted octanol–water partition coefficient (Wildman–Crippen LogP) is 5.61. The van der Waals surface area contributed by atoms with E-state index in [0.717, 1.165) is 44.0 Å². The second-order valence-electron chi connectivity index (χ2n) is 9.33. The Balaban J connectivity index is 1.28. The summed E-state index contributed by atoms with van der Waals surface area (Å²) < 4.78 is 16.5. The third kappa shape index (κ3) is 8.31. The molecule has 1 saturated heterocycles. The molecule has 4 rings (SSSR count). The van der Waals surface area contributed by atoms with Gasteiger partial charge in [-0.3, -0.25) is 9.80 Å². The van der Waals surface area contributed by atoms with E-state index in [1.54, 1.807) is 26.2 Å². The number of esters is 1. The number of carbonyl (C=O) groups is 1. The van der Waals surface area contributed by atoms with Gasteiger partial charge in [-0.1, -0.05) is 85.0 Å². The van der Waals surface area contributed by atoms with E-state index >= 15 is 0 Å². The van der Waals surface area contributed by atoms with Crippen LogP contribution in [-0.4, -0.2) is 68.8 Å². The van der Waals surface area contributed by atoms with Crippen molar-refractivity contribution < 1.29 is 19.0 Å². The number of allylic oxidation sites excluding steroid dienone is 2. The molecule has 1 aliphatic rings. The van der Waals surface area contributed by atoms with Crippen molar-refractivity contribution in [2.45, 2.75) is 13.0 Å². The Morgan fingerprint density at radius 2 is 1.54 bits per heavy atom. The van der Waals surface area contributed by atoms with E-state index < -0.39 is 0 Å². The first-order valence-electron chi connectivity index (χ1n) is 13.6. The lowest BCUT2D eigenvalue weighted by molar-refractivity contribution is -0.137. The minimum absolute atomic E-state index is 0.267. The zero-order chi connectivity index (χ0) is 27.3. The first-order valence-corrected chi connectivity index (χ1v) is 13.6. The average Bonchev–Trinajstić information content (AvgIpc) is 2.98. The molecule has 3 aromatic rings. The van der Waals surface area contributed by atoms with Crippen molar-refractivity contribution in [3.05, 3.63) is 114 Å². The molecule has 0 aromatic heterocycles. The molecule has 3 aromatic carbocycles. The molecule has 1 fully saturated rings. The molecule has 0 spiro atoms. The summed E-state index contributed by atoms with van der Waals surface area (Å²) in [5.41, 5.74) is 3.62. The smallest absolute Gasteiger partial charge is 0.330 e. The van der Waals surface area contributed by atoms with E-state index in [0.29, 0.717) is 19.0 Å². The number of piperazine rings is 1. The first-order chi connectivity index (χ1) is 19.2. The highest BCUT2D eigenvalue weighted by atomic mass is 16.5. The van der Waals surface area contributed by atoms with Crippen molar-refractivity contribution in [1.29, 1.82) is 0 Å². The van der Waals surface area contributed by atoms with E-state index in [1.807, 2.05) is 24.3 Å². The number of hydrogen-bond donors (Lipinski definition) is 0. The van der Waals surface area contributed by atoms with Gasteiger partial charge in [0, 0.05) is 38.8 Å². The highest BCUT2D eigenvalue weighted by Crippen LogP contribution is 2.30. The lowest BCUT2D eigenvalue weighted by atomic mass is 9.96. The van der Waals surface area contributed by atoms with Crippen LogP contribution in [0.2, 0.25) is 0 Å².